The van der Waals surface area contributed by atoms with Crippen molar-refractivity contribution in [2.45, 2.75) is 32.6 Å². The molecular weight excluding hydrogens is 532 g/mol. The van der Waals surface area contributed by atoms with Crippen LogP contribution in [-0.2, 0) is 22.1 Å². The number of aryl methyl sites for hydroxylation is 2. The maximum Gasteiger partial charge on any atom is 0.191 e. The number of guanidine groups is 1. The molecule has 6 nitrogen and oxygen atoms in total. The summed E-state index contributed by atoms with van der Waals surface area (Å²) in [6.07, 6.45) is 1.93. The first-order chi connectivity index (χ1) is 14.2. The molecule has 9 heteroatoms. The molecule has 0 aromatic heterocycles. The van der Waals surface area contributed by atoms with E-state index >= 15 is 0 Å². The third kappa shape index (κ3) is 9.42. The van der Waals surface area contributed by atoms with Gasteiger partial charge in [0.15, 0.2) is 15.8 Å². The van der Waals surface area contributed by atoms with Gasteiger partial charge in [0.2, 0.25) is 0 Å². The molecule has 172 valence electrons. The predicted octanol–water partition coefficient (Wildman–Crippen LogP) is 3.74. The number of nitrogens with one attached hydrogen (secondary N) is 2. The first kappa shape index (κ1) is 27.2. The van der Waals surface area contributed by atoms with Crippen molar-refractivity contribution in [1.82, 2.24) is 10.6 Å². The Kier molecular flexibility index (Phi) is 11.3. The number of ether oxygens (including phenoxy) is 1. The smallest absolute Gasteiger partial charge is 0.191 e. The van der Waals surface area contributed by atoms with Gasteiger partial charge in [-0.15, -0.1) is 24.0 Å². The van der Waals surface area contributed by atoms with Crippen molar-refractivity contribution in [2.24, 2.45) is 4.99 Å². The molecular formula is C22H31FIN3O3S. The molecule has 0 aliphatic heterocycles. The Morgan fingerprint density at radius 1 is 1.10 bits per heavy atom. The lowest BCUT2D eigenvalue weighted by Crippen LogP contribution is -2.37. The summed E-state index contributed by atoms with van der Waals surface area (Å²) in [6.45, 7) is 5.52. The molecule has 0 aliphatic carbocycles. The Balaban J connectivity index is 0.00000480. The van der Waals surface area contributed by atoms with Crippen molar-refractivity contribution in [1.29, 1.82) is 0 Å². The molecule has 0 spiro atoms. The third-order valence-corrected chi connectivity index (χ3v) is 5.36. The second-order valence-electron chi connectivity index (χ2n) is 7.26. The number of hydrogen-bond acceptors (Lipinski definition) is 4. The number of benzene rings is 2. The van der Waals surface area contributed by atoms with E-state index in [0.717, 1.165) is 29.6 Å². The molecule has 0 amide bonds. The largest absolute Gasteiger partial charge is 0.493 e. The van der Waals surface area contributed by atoms with Gasteiger partial charge in [-0.1, -0.05) is 24.3 Å². The quantitative estimate of drug-likeness (QED) is 0.211. The number of para-hydroxylation sites is 1. The normalized spacial score (nSPS) is 11.6. The van der Waals surface area contributed by atoms with Crippen LogP contribution in [-0.4, -0.2) is 40.8 Å². The molecule has 2 N–H and O–H groups in total. The van der Waals surface area contributed by atoms with Gasteiger partial charge < -0.3 is 15.4 Å². The lowest BCUT2D eigenvalue weighted by molar-refractivity contribution is 0.307. The van der Waals surface area contributed by atoms with E-state index in [1.807, 2.05) is 32.0 Å². The second-order valence-corrected chi connectivity index (χ2v) is 9.40. The van der Waals surface area contributed by atoms with Crippen LogP contribution in [0.2, 0.25) is 0 Å². The highest BCUT2D eigenvalue weighted by Gasteiger charge is 2.11. The van der Waals surface area contributed by atoms with Gasteiger partial charge >= 0.3 is 0 Å². The van der Waals surface area contributed by atoms with Crippen LogP contribution in [0.1, 0.15) is 28.7 Å². The molecule has 0 heterocycles. The summed E-state index contributed by atoms with van der Waals surface area (Å²) in [6, 6.07) is 10.2. The zero-order valence-corrected chi connectivity index (χ0v) is 21.5. The van der Waals surface area contributed by atoms with Crippen LogP contribution in [0.4, 0.5) is 4.39 Å². The fourth-order valence-corrected chi connectivity index (χ4v) is 3.91. The molecule has 0 atom stereocenters. The van der Waals surface area contributed by atoms with E-state index < -0.39 is 15.7 Å². The van der Waals surface area contributed by atoms with Gasteiger partial charge in [0.1, 0.15) is 11.6 Å². The summed E-state index contributed by atoms with van der Waals surface area (Å²) in [7, 11) is -1.57. The van der Waals surface area contributed by atoms with E-state index in [2.05, 4.69) is 15.6 Å². The second kappa shape index (κ2) is 12.8. The lowest BCUT2D eigenvalue weighted by atomic mass is 10.1. The van der Waals surface area contributed by atoms with Crippen LogP contribution in [0.3, 0.4) is 0 Å². The van der Waals surface area contributed by atoms with Crippen LogP contribution in [0, 0.1) is 19.7 Å². The molecule has 2 aromatic carbocycles. The van der Waals surface area contributed by atoms with Crippen LogP contribution in [0.25, 0.3) is 0 Å². The van der Waals surface area contributed by atoms with Crippen LogP contribution in [0.5, 0.6) is 5.75 Å². The van der Waals surface area contributed by atoms with Crippen LogP contribution < -0.4 is 15.4 Å². The van der Waals surface area contributed by atoms with Crippen LogP contribution >= 0.6 is 24.0 Å². The van der Waals surface area contributed by atoms with E-state index in [1.54, 1.807) is 7.05 Å². The van der Waals surface area contributed by atoms with Crippen molar-refractivity contribution in [3.8, 4) is 5.75 Å². The number of aliphatic imine (C=N–C) groups is 1. The maximum absolute atomic E-state index is 13.6. The lowest BCUT2D eigenvalue weighted by Gasteiger charge is -2.15. The van der Waals surface area contributed by atoms with Crippen molar-refractivity contribution >= 4 is 39.8 Å². The highest BCUT2D eigenvalue weighted by atomic mass is 127. The first-order valence-corrected chi connectivity index (χ1v) is 11.8. The highest BCUT2D eigenvalue weighted by molar-refractivity contribution is 14.0. The van der Waals surface area contributed by atoms with Gasteiger partial charge in [-0.3, -0.25) is 4.99 Å². The van der Waals surface area contributed by atoms with E-state index in [1.165, 1.54) is 18.2 Å². The number of sulfone groups is 1. The van der Waals surface area contributed by atoms with Crippen LogP contribution in [0.15, 0.2) is 41.4 Å². The molecule has 31 heavy (non-hydrogen) atoms. The average Bonchev–Trinajstić information content (AvgIpc) is 2.66. The molecule has 0 unspecified atom stereocenters. The molecule has 2 aromatic rings. The summed E-state index contributed by atoms with van der Waals surface area (Å²) in [5.74, 6) is 0.934. The monoisotopic (exact) mass is 563 g/mol. The molecule has 0 saturated carbocycles. The Labute approximate surface area is 201 Å². The van der Waals surface area contributed by atoms with Gasteiger partial charge in [-0.25, -0.2) is 12.8 Å². The van der Waals surface area contributed by atoms with E-state index in [-0.39, 0.29) is 36.3 Å². The minimum atomic E-state index is -3.22. The minimum absolute atomic E-state index is 0. The average molecular weight is 563 g/mol. The van der Waals surface area contributed by atoms with E-state index in [4.69, 9.17) is 4.74 Å². The summed E-state index contributed by atoms with van der Waals surface area (Å²) in [5, 5.41) is 6.29. The van der Waals surface area contributed by atoms with Gasteiger partial charge in [0.05, 0.1) is 12.4 Å². The zero-order chi connectivity index (χ0) is 22.1. The predicted molar refractivity (Wildman–Crippen MR) is 135 cm³/mol. The minimum Gasteiger partial charge on any atom is -0.493 e. The summed E-state index contributed by atoms with van der Waals surface area (Å²) >= 11 is 0. The Morgan fingerprint density at radius 2 is 1.77 bits per heavy atom. The number of nitrogens with zero attached hydrogens (tertiary/aromatic N) is 1. The fraction of sp³-hybridized carbons (Fsp3) is 0.409. The van der Waals surface area contributed by atoms with Crippen molar-refractivity contribution in [3.05, 3.63) is 64.5 Å². The van der Waals surface area contributed by atoms with Gasteiger partial charge in [-0.05, 0) is 54.7 Å². The number of halogens is 2. The van der Waals surface area contributed by atoms with Crippen molar-refractivity contribution < 1.29 is 17.5 Å². The third-order valence-electron chi connectivity index (χ3n) is 4.52. The number of rotatable bonds is 9. The topological polar surface area (TPSA) is 79.8 Å². The summed E-state index contributed by atoms with van der Waals surface area (Å²) in [4.78, 5) is 4.16. The first-order valence-electron chi connectivity index (χ1n) is 9.78. The Morgan fingerprint density at radius 3 is 2.39 bits per heavy atom. The van der Waals surface area contributed by atoms with E-state index in [0.29, 0.717) is 30.2 Å². The van der Waals surface area contributed by atoms with Gasteiger partial charge in [0, 0.05) is 26.4 Å². The molecule has 0 saturated heterocycles. The Hall–Kier alpha value is -1.88. The molecule has 0 radical (unpaired) electrons. The Bertz CT molecular complexity index is 977. The van der Waals surface area contributed by atoms with Crippen molar-refractivity contribution in [2.75, 3.05) is 26.5 Å². The van der Waals surface area contributed by atoms with Gasteiger partial charge in [-0.2, -0.15) is 0 Å². The molecule has 2 rings (SSSR count). The molecule has 0 aliphatic rings. The summed E-state index contributed by atoms with van der Waals surface area (Å²) in [5.41, 5.74) is 3.38. The van der Waals surface area contributed by atoms with Gasteiger partial charge in [0.25, 0.3) is 0 Å². The maximum atomic E-state index is 13.6. The SMILES string of the molecule is CN=C(NCCCOc1c(C)cccc1C)NCc1cc(F)ccc1CS(C)(=O)=O.I. The summed E-state index contributed by atoms with van der Waals surface area (Å²) < 4.78 is 42.8. The fourth-order valence-electron chi connectivity index (χ4n) is 3.06. The highest BCUT2D eigenvalue weighted by Crippen LogP contribution is 2.22. The zero-order valence-electron chi connectivity index (χ0n) is 18.4. The molecule has 0 fully saturated rings. The van der Waals surface area contributed by atoms with E-state index in [9.17, 15) is 12.8 Å². The molecule has 0 bridgehead atoms. The standard InChI is InChI=1S/C22H30FN3O3S.HI/c1-16-7-5-8-17(2)21(16)29-12-6-11-25-22(24-3)26-14-19-13-20(23)10-9-18(19)15-30(4,27)28;/h5,7-10,13H,6,11-12,14-15H2,1-4H3,(H2,24,25,26);1H. The van der Waals surface area contributed by atoms with Crippen molar-refractivity contribution in [3.63, 3.8) is 0 Å². The number of hydrogen-bond donors (Lipinski definition) is 2.